The lowest BCUT2D eigenvalue weighted by Gasteiger charge is -2.00. The first-order valence-electron chi connectivity index (χ1n) is 3.90. The zero-order valence-corrected chi connectivity index (χ0v) is 6.72. The van der Waals surface area contributed by atoms with E-state index in [1.54, 1.807) is 0 Å². The maximum atomic E-state index is 6.88. The van der Waals surface area contributed by atoms with Crippen LogP contribution in [0.5, 0.6) is 0 Å². The molecule has 4 N–H and O–H groups in total. The molecule has 62 valence electrons. The second-order valence-electron chi connectivity index (χ2n) is 2.76. The van der Waals surface area contributed by atoms with Crippen molar-refractivity contribution in [2.75, 3.05) is 0 Å². The third-order valence-electron chi connectivity index (χ3n) is 1.73. The van der Waals surface area contributed by atoms with Gasteiger partial charge in [-0.3, -0.25) is 5.41 Å². The third-order valence-corrected chi connectivity index (χ3v) is 1.73. The zero-order chi connectivity index (χ0) is 8.27. The summed E-state index contributed by atoms with van der Waals surface area (Å²) >= 11 is 0. The van der Waals surface area contributed by atoms with Crippen molar-refractivity contribution < 1.29 is 0 Å². The molecule has 1 aliphatic rings. The van der Waals surface area contributed by atoms with Crippen LogP contribution in [0.4, 0.5) is 0 Å². The second kappa shape index (κ2) is 3.37. The number of hydrogen-bond donors (Lipinski definition) is 3. The second-order valence-corrected chi connectivity index (χ2v) is 2.76. The molecule has 0 atom stereocenters. The van der Waals surface area contributed by atoms with Crippen LogP contribution in [-0.4, -0.2) is 11.7 Å². The Bertz CT molecular complexity index is 181. The molecule has 0 saturated heterocycles. The lowest BCUT2D eigenvalue weighted by molar-refractivity contribution is 0.944. The van der Waals surface area contributed by atoms with Crippen molar-refractivity contribution in [2.24, 2.45) is 16.8 Å². The van der Waals surface area contributed by atoms with Crippen LogP contribution in [0.3, 0.4) is 0 Å². The standard InChI is InChI=1S/C7H14N4/c1-2-6(5-3-4-5)10-11-7(8)9/h5H,2-4H2,1H3,(H4,8,9,11). The zero-order valence-electron chi connectivity index (χ0n) is 6.72. The Kier molecular flexibility index (Phi) is 2.46. The summed E-state index contributed by atoms with van der Waals surface area (Å²) < 4.78 is 0. The molecule has 0 aromatic rings. The van der Waals surface area contributed by atoms with Crippen molar-refractivity contribution in [1.82, 2.24) is 5.43 Å². The molecule has 1 fully saturated rings. The number of hydrogen-bond acceptors (Lipinski definition) is 2. The van der Waals surface area contributed by atoms with Gasteiger partial charge in [-0.1, -0.05) is 6.92 Å². The van der Waals surface area contributed by atoms with E-state index in [0.717, 1.165) is 12.1 Å². The van der Waals surface area contributed by atoms with Gasteiger partial charge in [0.25, 0.3) is 0 Å². The SMILES string of the molecule is CCC(=NNC(=N)N)C1CC1. The van der Waals surface area contributed by atoms with E-state index in [1.165, 1.54) is 12.8 Å². The van der Waals surface area contributed by atoms with Gasteiger partial charge in [0.05, 0.1) is 0 Å². The molecule has 0 bridgehead atoms. The molecule has 4 nitrogen and oxygen atoms in total. The van der Waals surface area contributed by atoms with Gasteiger partial charge in [0, 0.05) is 5.71 Å². The molecule has 0 aromatic heterocycles. The largest absolute Gasteiger partial charge is 0.369 e. The molecule has 1 aliphatic carbocycles. The molecule has 0 spiro atoms. The Hall–Kier alpha value is -1.06. The number of nitrogens with one attached hydrogen (secondary N) is 2. The van der Waals surface area contributed by atoms with Crippen LogP contribution in [0.25, 0.3) is 0 Å². The van der Waals surface area contributed by atoms with E-state index in [4.69, 9.17) is 11.1 Å². The van der Waals surface area contributed by atoms with Crippen molar-refractivity contribution in [3.05, 3.63) is 0 Å². The lowest BCUT2D eigenvalue weighted by Crippen LogP contribution is -2.27. The van der Waals surface area contributed by atoms with Crippen molar-refractivity contribution in [3.63, 3.8) is 0 Å². The topological polar surface area (TPSA) is 74.3 Å². The summed E-state index contributed by atoms with van der Waals surface area (Å²) in [6.07, 6.45) is 3.43. The highest BCUT2D eigenvalue weighted by atomic mass is 15.3. The number of nitrogens with zero attached hydrogens (tertiary/aromatic N) is 1. The van der Waals surface area contributed by atoms with Crippen LogP contribution in [0.15, 0.2) is 5.10 Å². The van der Waals surface area contributed by atoms with E-state index in [1.807, 2.05) is 0 Å². The van der Waals surface area contributed by atoms with E-state index in [9.17, 15) is 0 Å². The molecule has 0 heterocycles. The molecular formula is C7H14N4. The summed E-state index contributed by atoms with van der Waals surface area (Å²) in [7, 11) is 0. The minimum atomic E-state index is -0.0865. The number of guanidine groups is 1. The van der Waals surface area contributed by atoms with Gasteiger partial charge in [-0.2, -0.15) is 5.10 Å². The van der Waals surface area contributed by atoms with E-state index >= 15 is 0 Å². The highest BCUT2D eigenvalue weighted by Crippen LogP contribution is 2.31. The predicted octanol–water partition coefficient (Wildman–Crippen LogP) is 0.645. The molecule has 0 aliphatic heterocycles. The fraction of sp³-hybridized carbons (Fsp3) is 0.714. The Morgan fingerprint density at radius 2 is 2.36 bits per heavy atom. The number of rotatable bonds is 3. The highest BCUT2D eigenvalue weighted by molar-refractivity contribution is 5.89. The first kappa shape index (κ1) is 8.04. The molecule has 11 heavy (non-hydrogen) atoms. The predicted molar refractivity (Wildman–Crippen MR) is 45.5 cm³/mol. The van der Waals surface area contributed by atoms with Crippen LogP contribution in [0.2, 0.25) is 0 Å². The van der Waals surface area contributed by atoms with Crippen molar-refractivity contribution in [2.45, 2.75) is 26.2 Å². The smallest absolute Gasteiger partial charge is 0.206 e. The maximum Gasteiger partial charge on any atom is 0.206 e. The van der Waals surface area contributed by atoms with E-state index in [2.05, 4.69) is 17.5 Å². The molecule has 0 aromatic carbocycles. The first-order chi connectivity index (χ1) is 5.24. The minimum Gasteiger partial charge on any atom is -0.369 e. The first-order valence-corrected chi connectivity index (χ1v) is 3.90. The van der Waals surface area contributed by atoms with Crippen molar-refractivity contribution in [1.29, 1.82) is 5.41 Å². The third kappa shape index (κ3) is 2.57. The van der Waals surface area contributed by atoms with Gasteiger partial charge in [0.1, 0.15) is 0 Å². The molecule has 0 amide bonds. The van der Waals surface area contributed by atoms with Gasteiger partial charge in [-0.05, 0) is 25.2 Å². The molecule has 1 rings (SSSR count). The van der Waals surface area contributed by atoms with Gasteiger partial charge in [-0.25, -0.2) is 5.43 Å². The number of nitrogens with two attached hydrogens (primary N) is 1. The quantitative estimate of drug-likeness (QED) is 0.317. The van der Waals surface area contributed by atoms with Crippen LogP contribution < -0.4 is 11.2 Å². The van der Waals surface area contributed by atoms with E-state index in [-0.39, 0.29) is 5.96 Å². The summed E-state index contributed by atoms with van der Waals surface area (Å²) in [5.74, 6) is 0.573. The Balaban J connectivity index is 2.38. The van der Waals surface area contributed by atoms with Crippen LogP contribution in [-0.2, 0) is 0 Å². The Labute approximate surface area is 66.4 Å². The Morgan fingerprint density at radius 1 is 1.73 bits per heavy atom. The fourth-order valence-electron chi connectivity index (χ4n) is 1.01. The van der Waals surface area contributed by atoms with Crippen LogP contribution in [0.1, 0.15) is 26.2 Å². The lowest BCUT2D eigenvalue weighted by atomic mass is 10.2. The van der Waals surface area contributed by atoms with Crippen LogP contribution in [0, 0.1) is 11.3 Å². The molecule has 4 heteroatoms. The van der Waals surface area contributed by atoms with Gasteiger partial charge in [0.2, 0.25) is 5.96 Å². The summed E-state index contributed by atoms with van der Waals surface area (Å²) in [6, 6.07) is 0. The van der Waals surface area contributed by atoms with Crippen molar-refractivity contribution >= 4 is 11.7 Å². The number of hydrazone groups is 1. The van der Waals surface area contributed by atoms with Gasteiger partial charge < -0.3 is 5.73 Å². The van der Waals surface area contributed by atoms with E-state index in [0.29, 0.717) is 5.92 Å². The average molecular weight is 154 g/mol. The summed E-state index contributed by atoms with van der Waals surface area (Å²) in [4.78, 5) is 0. The van der Waals surface area contributed by atoms with Gasteiger partial charge >= 0.3 is 0 Å². The monoisotopic (exact) mass is 154 g/mol. The van der Waals surface area contributed by atoms with Gasteiger partial charge in [-0.15, -0.1) is 0 Å². The molecule has 1 saturated carbocycles. The minimum absolute atomic E-state index is 0.0865. The van der Waals surface area contributed by atoms with Crippen molar-refractivity contribution in [3.8, 4) is 0 Å². The average Bonchev–Trinajstić information content (AvgIpc) is 2.72. The fourth-order valence-corrected chi connectivity index (χ4v) is 1.01. The normalized spacial score (nSPS) is 18.1. The summed E-state index contributed by atoms with van der Waals surface area (Å²) in [5.41, 5.74) is 8.69. The molecular weight excluding hydrogens is 140 g/mol. The summed E-state index contributed by atoms with van der Waals surface area (Å²) in [6.45, 7) is 2.07. The Morgan fingerprint density at radius 3 is 2.73 bits per heavy atom. The molecule has 0 radical (unpaired) electrons. The molecule has 0 unspecified atom stereocenters. The van der Waals surface area contributed by atoms with E-state index < -0.39 is 0 Å². The van der Waals surface area contributed by atoms with Gasteiger partial charge in [0.15, 0.2) is 0 Å². The summed E-state index contributed by atoms with van der Waals surface area (Å²) in [5, 5.41) is 10.9. The maximum absolute atomic E-state index is 6.88. The van der Waals surface area contributed by atoms with Crippen LogP contribution >= 0.6 is 0 Å². The highest BCUT2D eigenvalue weighted by Gasteiger charge is 2.26.